The number of ether oxygens (including phenoxy) is 3. The number of hydrogen-bond donors (Lipinski definition) is 0. The first-order chi connectivity index (χ1) is 33.6. The van der Waals surface area contributed by atoms with Gasteiger partial charge in [0.2, 0.25) is 0 Å². The predicted octanol–water partition coefficient (Wildman–Crippen LogP) is 14.8. The van der Waals surface area contributed by atoms with Gasteiger partial charge in [0.1, 0.15) is 12.6 Å². The molecule has 0 rings (SSSR count). The maximum absolute atomic E-state index is 12.8. The summed E-state index contributed by atoms with van der Waals surface area (Å²) < 4.78 is 17.2. The Morgan fingerprint density at radius 2 is 0.768 bits per heavy atom. The molecular formula is C61H99NO7. The number of esters is 2. The van der Waals surface area contributed by atoms with Crippen LogP contribution in [0, 0.1) is 0 Å². The lowest BCUT2D eigenvalue weighted by molar-refractivity contribution is -0.889. The van der Waals surface area contributed by atoms with Crippen LogP contribution < -0.4 is 5.11 Å². The van der Waals surface area contributed by atoms with E-state index in [1.807, 2.05) is 0 Å². The Kier molecular flexibility index (Phi) is 47.0. The number of carboxylic acids is 1. The maximum atomic E-state index is 12.8. The van der Waals surface area contributed by atoms with Crippen LogP contribution in [0.15, 0.2) is 122 Å². The molecule has 0 fully saturated rings. The fourth-order valence-electron chi connectivity index (χ4n) is 7.24. The average Bonchev–Trinajstić information content (AvgIpc) is 3.31. The summed E-state index contributed by atoms with van der Waals surface area (Å²) in [6.45, 7) is 4.40. The molecule has 69 heavy (non-hydrogen) atoms. The van der Waals surface area contributed by atoms with E-state index in [0.29, 0.717) is 12.8 Å². The van der Waals surface area contributed by atoms with Crippen molar-refractivity contribution in [3.8, 4) is 0 Å². The second-order valence-electron chi connectivity index (χ2n) is 18.7. The second kappa shape index (κ2) is 50.1. The molecule has 8 nitrogen and oxygen atoms in total. The van der Waals surface area contributed by atoms with Crippen molar-refractivity contribution in [2.45, 2.75) is 206 Å². The number of nitrogens with zero attached hydrogens (tertiary/aromatic N) is 1. The summed E-state index contributed by atoms with van der Waals surface area (Å²) in [4.78, 5) is 37.1. The zero-order chi connectivity index (χ0) is 50.6. The molecule has 0 saturated heterocycles. The first kappa shape index (κ1) is 64.7. The van der Waals surface area contributed by atoms with Crippen LogP contribution in [0.1, 0.15) is 194 Å². The Bertz CT molecular complexity index is 1540. The van der Waals surface area contributed by atoms with Crippen molar-refractivity contribution in [1.29, 1.82) is 0 Å². The van der Waals surface area contributed by atoms with Gasteiger partial charge < -0.3 is 28.6 Å². The van der Waals surface area contributed by atoms with E-state index in [-0.39, 0.29) is 42.7 Å². The molecule has 0 N–H and O–H groups in total. The molecule has 2 unspecified atom stereocenters. The summed E-state index contributed by atoms with van der Waals surface area (Å²) in [5.74, 6) is -1.79. The minimum absolute atomic E-state index is 0.0218. The Balaban J connectivity index is 4.31. The first-order valence-corrected chi connectivity index (χ1v) is 27.1. The molecular weight excluding hydrogens is 859 g/mol. The number of rotatable bonds is 47. The van der Waals surface area contributed by atoms with Crippen LogP contribution in [0.2, 0.25) is 0 Å². The van der Waals surface area contributed by atoms with E-state index in [4.69, 9.17) is 14.2 Å². The van der Waals surface area contributed by atoms with Crippen LogP contribution in [0.4, 0.5) is 0 Å². The van der Waals surface area contributed by atoms with Gasteiger partial charge in [-0.05, 0) is 103 Å². The molecule has 0 heterocycles. The number of likely N-dealkylation sites (N-methyl/N-ethyl adjacent to an activating group) is 1. The second-order valence-corrected chi connectivity index (χ2v) is 18.7. The average molecular weight is 958 g/mol. The fourth-order valence-corrected chi connectivity index (χ4v) is 7.24. The number of hydrogen-bond acceptors (Lipinski definition) is 7. The number of carboxylic acid groups (broad SMARTS) is 1. The number of carbonyl (C=O) groups excluding carboxylic acids is 3. The SMILES string of the molecule is CC/C=C/C/C=C/C/C=C/C/C=C/C/C=C/C/C=C/CCCCCCC(=O)OCC(COCCC(C(=O)[O-])[N+](C)(C)C)OC(=O)CCCCCCCCCCC/C=C/C/C=C/C/C=C/C/C=C/CC. The van der Waals surface area contributed by atoms with Crippen LogP contribution in [-0.2, 0) is 28.6 Å². The van der Waals surface area contributed by atoms with Gasteiger partial charge in [-0.25, -0.2) is 0 Å². The molecule has 0 aromatic rings. The molecule has 0 aliphatic heterocycles. The van der Waals surface area contributed by atoms with Gasteiger partial charge in [-0.2, -0.15) is 0 Å². The summed E-state index contributed by atoms with van der Waals surface area (Å²) in [5, 5.41) is 11.7. The monoisotopic (exact) mass is 958 g/mol. The van der Waals surface area contributed by atoms with Gasteiger partial charge in [0, 0.05) is 19.3 Å². The highest BCUT2D eigenvalue weighted by Gasteiger charge is 2.25. The minimum atomic E-state index is -1.13. The van der Waals surface area contributed by atoms with E-state index in [1.54, 1.807) is 21.1 Å². The first-order valence-electron chi connectivity index (χ1n) is 27.1. The lowest BCUT2D eigenvalue weighted by atomic mass is 10.1. The molecule has 0 aromatic heterocycles. The molecule has 0 spiro atoms. The predicted molar refractivity (Wildman–Crippen MR) is 291 cm³/mol. The van der Waals surface area contributed by atoms with E-state index < -0.39 is 18.1 Å². The topological polar surface area (TPSA) is 102 Å². The van der Waals surface area contributed by atoms with Crippen LogP contribution >= 0.6 is 0 Å². The maximum Gasteiger partial charge on any atom is 0.306 e. The lowest BCUT2D eigenvalue weighted by Crippen LogP contribution is -2.55. The van der Waals surface area contributed by atoms with Gasteiger partial charge in [-0.15, -0.1) is 0 Å². The number of quaternary nitrogens is 1. The number of carbonyl (C=O) groups is 3. The lowest BCUT2D eigenvalue weighted by Gasteiger charge is -2.34. The Labute approximate surface area is 422 Å². The molecule has 390 valence electrons. The van der Waals surface area contributed by atoms with Crippen molar-refractivity contribution < 1.29 is 38.2 Å². The Morgan fingerprint density at radius 1 is 0.435 bits per heavy atom. The highest BCUT2D eigenvalue weighted by atomic mass is 16.6. The van der Waals surface area contributed by atoms with Crippen molar-refractivity contribution in [3.63, 3.8) is 0 Å². The zero-order valence-electron chi connectivity index (χ0n) is 44.4. The number of unbranched alkanes of at least 4 members (excludes halogenated alkanes) is 13. The normalized spacial score (nSPS) is 13.8. The standard InChI is InChI=1S/C61H99NO7/c1-6-8-10-12-14-16-18-20-22-24-26-28-30-32-33-35-37-39-41-43-45-47-49-51-59(63)68-56-57(55-67-54-53-58(61(65)66)62(3,4)5)69-60(64)52-50-48-46-44-42-40-38-36-34-31-29-27-25-23-21-19-17-15-13-11-9-7-2/h8-11,14-17,20-23,26-29,32-33,37,39,57-58H,6-7,12-13,18-19,24-25,30-31,34-36,38,40-56H2,1-5H3/b10-8+,11-9+,16-14+,17-15+,22-20+,23-21+,28-26+,29-27+,33-32+,39-37+. The van der Waals surface area contributed by atoms with E-state index in [1.165, 1.54) is 38.5 Å². The van der Waals surface area contributed by atoms with E-state index >= 15 is 0 Å². The van der Waals surface area contributed by atoms with Gasteiger partial charge in [0.15, 0.2) is 6.10 Å². The molecule has 0 radical (unpaired) electrons. The molecule has 0 amide bonds. The zero-order valence-corrected chi connectivity index (χ0v) is 44.4. The van der Waals surface area contributed by atoms with E-state index in [0.717, 1.165) is 122 Å². The van der Waals surface area contributed by atoms with Gasteiger partial charge >= 0.3 is 11.9 Å². The summed E-state index contributed by atoms with van der Waals surface area (Å²) in [6, 6.07) is -0.740. The largest absolute Gasteiger partial charge is 0.544 e. The van der Waals surface area contributed by atoms with Gasteiger partial charge in [-0.3, -0.25) is 9.59 Å². The highest BCUT2D eigenvalue weighted by molar-refractivity contribution is 5.70. The summed E-state index contributed by atoms with van der Waals surface area (Å²) in [5.41, 5.74) is 0. The molecule has 0 bridgehead atoms. The summed E-state index contributed by atoms with van der Waals surface area (Å²) in [7, 11) is 5.40. The van der Waals surface area contributed by atoms with Gasteiger partial charge in [0.05, 0.1) is 40.3 Å². The van der Waals surface area contributed by atoms with Crippen molar-refractivity contribution in [3.05, 3.63) is 122 Å². The van der Waals surface area contributed by atoms with Gasteiger partial charge in [-0.1, -0.05) is 193 Å². The molecule has 8 heteroatoms. The van der Waals surface area contributed by atoms with Crippen LogP contribution in [0.3, 0.4) is 0 Å². The van der Waals surface area contributed by atoms with Crippen LogP contribution in [-0.4, -0.2) is 75.5 Å². The minimum Gasteiger partial charge on any atom is -0.544 e. The summed E-state index contributed by atoms with van der Waals surface area (Å²) in [6.07, 6.45) is 70.9. The Hall–Kier alpha value is -4.27. The molecule has 0 aliphatic rings. The van der Waals surface area contributed by atoms with Crippen molar-refractivity contribution in [2.24, 2.45) is 0 Å². The van der Waals surface area contributed by atoms with Crippen LogP contribution in [0.25, 0.3) is 0 Å². The van der Waals surface area contributed by atoms with E-state index in [2.05, 4.69) is 135 Å². The number of allylic oxidation sites excluding steroid dienone is 20. The van der Waals surface area contributed by atoms with Crippen molar-refractivity contribution in [2.75, 3.05) is 41.0 Å². The molecule has 0 aliphatic carbocycles. The molecule has 2 atom stereocenters. The fraction of sp³-hybridized carbons (Fsp3) is 0.623. The van der Waals surface area contributed by atoms with Crippen LogP contribution in [0.5, 0.6) is 0 Å². The van der Waals surface area contributed by atoms with Crippen molar-refractivity contribution >= 4 is 17.9 Å². The third-order valence-electron chi connectivity index (χ3n) is 11.3. The summed E-state index contributed by atoms with van der Waals surface area (Å²) >= 11 is 0. The molecule has 0 saturated carbocycles. The third kappa shape index (κ3) is 48.5. The highest BCUT2D eigenvalue weighted by Crippen LogP contribution is 2.14. The molecule has 0 aromatic carbocycles. The third-order valence-corrected chi connectivity index (χ3v) is 11.3. The van der Waals surface area contributed by atoms with Crippen molar-refractivity contribution in [1.82, 2.24) is 0 Å². The smallest absolute Gasteiger partial charge is 0.306 e. The quantitative estimate of drug-likeness (QED) is 0.0259. The van der Waals surface area contributed by atoms with E-state index in [9.17, 15) is 19.5 Å². The Morgan fingerprint density at radius 3 is 1.13 bits per heavy atom. The number of aliphatic carboxylic acids is 1. The van der Waals surface area contributed by atoms with Gasteiger partial charge in [0.25, 0.3) is 0 Å².